The van der Waals surface area contributed by atoms with Crippen molar-refractivity contribution in [1.29, 1.82) is 0 Å². The maximum atomic E-state index is 13.3. The van der Waals surface area contributed by atoms with Crippen molar-refractivity contribution in [3.8, 4) is 0 Å². The van der Waals surface area contributed by atoms with Crippen molar-refractivity contribution >= 4 is 34.1 Å². The van der Waals surface area contributed by atoms with Crippen molar-refractivity contribution < 1.29 is 9.18 Å². The average Bonchev–Trinajstić information content (AvgIpc) is 3.12. The van der Waals surface area contributed by atoms with Crippen molar-refractivity contribution in [1.82, 2.24) is 9.88 Å². The number of aromatic amines is 1. The molecule has 2 heterocycles. The Bertz CT molecular complexity index is 1000. The number of benzene rings is 2. The van der Waals surface area contributed by atoms with E-state index in [9.17, 15) is 9.18 Å². The number of aromatic nitrogens is 1. The molecule has 0 spiro atoms. The van der Waals surface area contributed by atoms with Gasteiger partial charge in [-0.1, -0.05) is 11.6 Å². The molecule has 1 aliphatic heterocycles. The molecule has 4 nitrogen and oxygen atoms in total. The van der Waals surface area contributed by atoms with Gasteiger partial charge in [-0.15, -0.1) is 0 Å². The van der Waals surface area contributed by atoms with Crippen molar-refractivity contribution in [2.24, 2.45) is 0 Å². The topological polar surface area (TPSA) is 39.3 Å². The Balaban J connectivity index is 1.51. The third-order valence-corrected chi connectivity index (χ3v) is 5.85. The predicted octanol–water partition coefficient (Wildman–Crippen LogP) is 4.59. The van der Waals surface area contributed by atoms with E-state index in [4.69, 9.17) is 11.6 Å². The van der Waals surface area contributed by atoms with Crippen LogP contribution in [0.2, 0.25) is 5.02 Å². The fraction of sp³-hybridized carbons (Fsp3) is 0.318. The number of fused-ring (bicyclic) bond motifs is 1. The van der Waals surface area contributed by atoms with E-state index in [1.54, 1.807) is 12.1 Å². The lowest BCUT2D eigenvalue weighted by Crippen LogP contribution is -2.53. The van der Waals surface area contributed by atoms with E-state index < -0.39 is 5.41 Å². The minimum atomic E-state index is -0.666. The normalized spacial score (nSPS) is 15.3. The number of carbonyl (C=O) groups is 1. The second-order valence-electron chi connectivity index (χ2n) is 7.77. The molecule has 1 amide bonds. The smallest absolute Gasteiger partial charge is 0.232 e. The zero-order valence-corrected chi connectivity index (χ0v) is 16.8. The van der Waals surface area contributed by atoms with Crippen LogP contribution in [0.1, 0.15) is 19.4 Å². The van der Waals surface area contributed by atoms with Gasteiger partial charge in [0.15, 0.2) is 0 Å². The summed E-state index contributed by atoms with van der Waals surface area (Å²) in [6, 6.07) is 12.2. The first-order valence-electron chi connectivity index (χ1n) is 9.43. The van der Waals surface area contributed by atoms with Gasteiger partial charge >= 0.3 is 0 Å². The van der Waals surface area contributed by atoms with Crippen LogP contribution in [0.4, 0.5) is 10.1 Å². The standard InChI is InChI=1S/C22H23ClFN3O/c1-22(2,19-14-25-20-8-3-15(23)13-18(19)20)21(28)27-11-9-26(10-12-27)17-6-4-16(24)5-7-17/h3-8,13-14,25H,9-12H2,1-2H3. The summed E-state index contributed by atoms with van der Waals surface area (Å²) in [6.45, 7) is 6.67. The minimum absolute atomic E-state index is 0.104. The van der Waals surface area contributed by atoms with Gasteiger partial charge in [-0.3, -0.25) is 4.79 Å². The molecule has 2 aromatic carbocycles. The van der Waals surface area contributed by atoms with Crippen molar-refractivity contribution in [3.63, 3.8) is 0 Å². The van der Waals surface area contributed by atoms with Crippen molar-refractivity contribution in [3.05, 3.63) is 65.1 Å². The first-order valence-corrected chi connectivity index (χ1v) is 9.81. The third-order valence-electron chi connectivity index (χ3n) is 5.61. The van der Waals surface area contributed by atoms with E-state index in [0.717, 1.165) is 35.2 Å². The lowest BCUT2D eigenvalue weighted by molar-refractivity contribution is -0.136. The van der Waals surface area contributed by atoms with E-state index in [0.29, 0.717) is 18.1 Å². The van der Waals surface area contributed by atoms with E-state index in [2.05, 4.69) is 9.88 Å². The molecule has 1 saturated heterocycles. The molecule has 0 aliphatic carbocycles. The van der Waals surface area contributed by atoms with Gasteiger partial charge in [0.05, 0.1) is 5.41 Å². The number of hydrogen-bond acceptors (Lipinski definition) is 2. The lowest BCUT2D eigenvalue weighted by atomic mass is 9.82. The highest BCUT2D eigenvalue weighted by molar-refractivity contribution is 6.31. The highest BCUT2D eigenvalue weighted by atomic mass is 35.5. The molecule has 28 heavy (non-hydrogen) atoms. The van der Waals surface area contributed by atoms with Crippen LogP contribution in [0, 0.1) is 5.82 Å². The Kier molecular flexibility index (Phi) is 4.79. The monoisotopic (exact) mass is 399 g/mol. The summed E-state index contributed by atoms with van der Waals surface area (Å²) >= 11 is 6.17. The number of nitrogens with zero attached hydrogens (tertiary/aromatic N) is 2. The summed E-state index contributed by atoms with van der Waals surface area (Å²) in [5.74, 6) is -0.134. The summed E-state index contributed by atoms with van der Waals surface area (Å²) in [4.78, 5) is 20.7. The molecule has 4 rings (SSSR count). The number of halogens is 2. The Morgan fingerprint density at radius 2 is 1.75 bits per heavy atom. The van der Waals surface area contributed by atoms with Crippen molar-refractivity contribution in [2.45, 2.75) is 19.3 Å². The number of carbonyl (C=O) groups excluding carboxylic acids is 1. The molecule has 1 aromatic heterocycles. The fourth-order valence-corrected chi connectivity index (χ4v) is 4.11. The molecule has 0 bridgehead atoms. The number of H-pyrrole nitrogens is 1. The molecular weight excluding hydrogens is 377 g/mol. The van der Waals surface area contributed by atoms with Gasteiger partial charge in [-0.2, -0.15) is 0 Å². The molecule has 146 valence electrons. The number of rotatable bonds is 3. The van der Waals surface area contributed by atoms with Gasteiger partial charge in [0.2, 0.25) is 5.91 Å². The molecule has 0 saturated carbocycles. The summed E-state index contributed by atoms with van der Waals surface area (Å²) in [5, 5.41) is 1.64. The SMILES string of the molecule is CC(C)(C(=O)N1CCN(c2ccc(F)cc2)CC1)c1c[nH]c2ccc(Cl)cc12. The maximum absolute atomic E-state index is 13.3. The van der Waals surface area contributed by atoms with Crippen LogP contribution >= 0.6 is 11.6 Å². The fourth-order valence-electron chi connectivity index (χ4n) is 3.94. The zero-order valence-electron chi connectivity index (χ0n) is 16.0. The van der Waals surface area contributed by atoms with E-state index >= 15 is 0 Å². The van der Waals surface area contributed by atoms with Gasteiger partial charge in [0.25, 0.3) is 0 Å². The van der Waals surface area contributed by atoms with Crippen LogP contribution in [0.25, 0.3) is 10.9 Å². The Labute approximate surface area is 168 Å². The third kappa shape index (κ3) is 3.35. The highest BCUT2D eigenvalue weighted by Gasteiger charge is 2.36. The van der Waals surface area contributed by atoms with E-state index in [1.807, 2.05) is 43.1 Å². The first kappa shape index (κ1) is 18.8. The molecule has 0 atom stereocenters. The molecule has 6 heteroatoms. The number of hydrogen-bond donors (Lipinski definition) is 1. The maximum Gasteiger partial charge on any atom is 0.232 e. The van der Waals surface area contributed by atoms with Crippen LogP contribution in [0.3, 0.4) is 0 Å². The Hall–Kier alpha value is -2.53. The molecule has 1 aliphatic rings. The Morgan fingerprint density at radius 1 is 1.07 bits per heavy atom. The van der Waals surface area contributed by atoms with Crippen LogP contribution in [-0.4, -0.2) is 42.0 Å². The van der Waals surface area contributed by atoms with Crippen LogP contribution in [0.15, 0.2) is 48.7 Å². The molecule has 1 N–H and O–H groups in total. The summed E-state index contributed by atoms with van der Waals surface area (Å²) in [6.07, 6.45) is 1.91. The zero-order chi connectivity index (χ0) is 19.9. The molecule has 1 fully saturated rings. The van der Waals surface area contributed by atoms with Gasteiger partial charge in [0, 0.05) is 54.0 Å². The first-order chi connectivity index (χ1) is 13.4. The van der Waals surface area contributed by atoms with Gasteiger partial charge in [-0.25, -0.2) is 4.39 Å². The van der Waals surface area contributed by atoms with Crippen LogP contribution < -0.4 is 4.90 Å². The predicted molar refractivity (Wildman–Crippen MR) is 112 cm³/mol. The summed E-state index contributed by atoms with van der Waals surface area (Å²) in [7, 11) is 0. The number of amides is 1. The van der Waals surface area contributed by atoms with Crippen LogP contribution in [-0.2, 0) is 10.2 Å². The summed E-state index contributed by atoms with van der Waals surface area (Å²) < 4.78 is 13.1. The average molecular weight is 400 g/mol. The number of piperazine rings is 1. The van der Waals surface area contributed by atoms with Gasteiger partial charge in [-0.05, 0) is 61.9 Å². The number of anilines is 1. The van der Waals surface area contributed by atoms with Crippen molar-refractivity contribution in [2.75, 3.05) is 31.1 Å². The van der Waals surface area contributed by atoms with E-state index in [-0.39, 0.29) is 11.7 Å². The molecule has 0 unspecified atom stereocenters. The second-order valence-corrected chi connectivity index (χ2v) is 8.21. The van der Waals surface area contributed by atoms with Gasteiger partial charge in [0.1, 0.15) is 5.82 Å². The molecule has 0 radical (unpaired) electrons. The summed E-state index contributed by atoms with van der Waals surface area (Å²) in [5.41, 5.74) is 2.25. The number of nitrogens with one attached hydrogen (secondary N) is 1. The largest absolute Gasteiger partial charge is 0.368 e. The van der Waals surface area contributed by atoms with E-state index in [1.165, 1.54) is 12.1 Å². The quantitative estimate of drug-likeness (QED) is 0.699. The van der Waals surface area contributed by atoms with Gasteiger partial charge < -0.3 is 14.8 Å². The Morgan fingerprint density at radius 3 is 2.43 bits per heavy atom. The molecular formula is C22H23ClFN3O. The molecule has 3 aromatic rings. The lowest BCUT2D eigenvalue weighted by Gasteiger charge is -2.39. The minimum Gasteiger partial charge on any atom is -0.368 e. The highest BCUT2D eigenvalue weighted by Crippen LogP contribution is 2.34. The second kappa shape index (κ2) is 7.13. The van der Waals surface area contributed by atoms with Crippen LogP contribution in [0.5, 0.6) is 0 Å².